The standard InChI is InChI=1S/C8H14N4/c9-4-7-1-2-8(3-7)12-6-10-5-11-12/h5-8H,1-4,9H2. The van der Waals surface area contributed by atoms with Crippen LogP contribution in [-0.2, 0) is 0 Å². The molecule has 1 fully saturated rings. The molecule has 0 bridgehead atoms. The first-order valence-corrected chi connectivity index (χ1v) is 4.44. The van der Waals surface area contributed by atoms with Gasteiger partial charge in [-0.3, -0.25) is 0 Å². The summed E-state index contributed by atoms with van der Waals surface area (Å²) >= 11 is 0. The predicted octanol–water partition coefficient (Wildman–Crippen LogP) is 0.578. The van der Waals surface area contributed by atoms with E-state index in [0.29, 0.717) is 12.0 Å². The Bertz CT molecular complexity index is 231. The van der Waals surface area contributed by atoms with E-state index in [4.69, 9.17) is 5.73 Å². The Kier molecular flexibility index (Phi) is 2.08. The summed E-state index contributed by atoms with van der Waals surface area (Å²) in [7, 11) is 0. The zero-order valence-corrected chi connectivity index (χ0v) is 7.06. The molecule has 1 aliphatic carbocycles. The molecule has 0 radical (unpaired) electrons. The number of hydrogen-bond donors (Lipinski definition) is 1. The summed E-state index contributed by atoms with van der Waals surface area (Å²) < 4.78 is 1.95. The first-order chi connectivity index (χ1) is 5.90. The maximum absolute atomic E-state index is 5.60. The summed E-state index contributed by atoms with van der Waals surface area (Å²) in [5.74, 6) is 0.694. The van der Waals surface area contributed by atoms with Crippen molar-refractivity contribution >= 4 is 0 Å². The Morgan fingerprint density at radius 3 is 3.00 bits per heavy atom. The van der Waals surface area contributed by atoms with Gasteiger partial charge in [0.2, 0.25) is 0 Å². The van der Waals surface area contributed by atoms with Gasteiger partial charge in [0.05, 0.1) is 6.04 Å². The number of rotatable bonds is 2. The third-order valence-electron chi connectivity index (χ3n) is 2.66. The fraction of sp³-hybridized carbons (Fsp3) is 0.750. The van der Waals surface area contributed by atoms with Crippen LogP contribution in [0.2, 0.25) is 0 Å². The average Bonchev–Trinajstić information content (AvgIpc) is 2.75. The second-order valence-corrected chi connectivity index (χ2v) is 3.44. The van der Waals surface area contributed by atoms with Gasteiger partial charge in [0, 0.05) is 0 Å². The predicted molar refractivity (Wildman–Crippen MR) is 45.5 cm³/mol. The second kappa shape index (κ2) is 3.23. The van der Waals surface area contributed by atoms with Crippen molar-refractivity contribution in [1.82, 2.24) is 14.8 Å². The van der Waals surface area contributed by atoms with Gasteiger partial charge in [-0.05, 0) is 31.7 Å². The molecular weight excluding hydrogens is 152 g/mol. The molecule has 2 atom stereocenters. The van der Waals surface area contributed by atoms with Crippen LogP contribution >= 0.6 is 0 Å². The summed E-state index contributed by atoms with van der Waals surface area (Å²) in [6.45, 7) is 0.811. The molecule has 2 unspecified atom stereocenters. The molecule has 0 saturated heterocycles. The number of aromatic nitrogens is 3. The van der Waals surface area contributed by atoms with E-state index in [1.165, 1.54) is 19.3 Å². The van der Waals surface area contributed by atoms with Crippen LogP contribution in [0.1, 0.15) is 25.3 Å². The number of nitrogens with two attached hydrogens (primary N) is 1. The highest BCUT2D eigenvalue weighted by atomic mass is 15.3. The second-order valence-electron chi connectivity index (χ2n) is 3.44. The topological polar surface area (TPSA) is 56.7 Å². The highest BCUT2D eigenvalue weighted by molar-refractivity contribution is 4.80. The summed E-state index contributed by atoms with van der Waals surface area (Å²) in [6, 6.07) is 0.543. The van der Waals surface area contributed by atoms with Gasteiger partial charge in [-0.2, -0.15) is 5.10 Å². The summed E-state index contributed by atoms with van der Waals surface area (Å²) in [4.78, 5) is 3.94. The Balaban J connectivity index is 2.00. The molecule has 0 aromatic carbocycles. The Labute approximate surface area is 71.8 Å². The highest BCUT2D eigenvalue weighted by Gasteiger charge is 2.24. The van der Waals surface area contributed by atoms with Gasteiger partial charge in [0.15, 0.2) is 0 Å². The van der Waals surface area contributed by atoms with Gasteiger partial charge in [-0.25, -0.2) is 9.67 Å². The van der Waals surface area contributed by atoms with Crippen LogP contribution in [0.15, 0.2) is 12.7 Å². The van der Waals surface area contributed by atoms with E-state index < -0.39 is 0 Å². The molecule has 1 aromatic heterocycles. The zero-order valence-electron chi connectivity index (χ0n) is 7.06. The lowest BCUT2D eigenvalue weighted by molar-refractivity contribution is 0.442. The smallest absolute Gasteiger partial charge is 0.137 e. The minimum atomic E-state index is 0.543. The molecule has 4 heteroatoms. The molecule has 1 saturated carbocycles. The molecule has 1 aliphatic rings. The van der Waals surface area contributed by atoms with E-state index >= 15 is 0 Å². The Hall–Kier alpha value is -0.900. The third kappa shape index (κ3) is 1.34. The molecule has 2 rings (SSSR count). The first kappa shape index (κ1) is 7.73. The van der Waals surface area contributed by atoms with E-state index in [1.54, 1.807) is 12.7 Å². The summed E-state index contributed by atoms with van der Waals surface area (Å²) in [6.07, 6.45) is 6.99. The molecule has 1 aromatic rings. The molecule has 0 amide bonds. The van der Waals surface area contributed by atoms with Gasteiger partial charge in [0.25, 0.3) is 0 Å². The molecule has 0 aliphatic heterocycles. The Morgan fingerprint density at radius 2 is 2.42 bits per heavy atom. The van der Waals surface area contributed by atoms with Crippen molar-refractivity contribution in [2.75, 3.05) is 6.54 Å². The maximum Gasteiger partial charge on any atom is 0.137 e. The van der Waals surface area contributed by atoms with Crippen molar-refractivity contribution in [2.45, 2.75) is 25.3 Å². The molecule has 2 N–H and O–H groups in total. The summed E-state index contributed by atoms with van der Waals surface area (Å²) in [5.41, 5.74) is 5.60. The van der Waals surface area contributed by atoms with E-state index in [1.807, 2.05) is 4.68 Å². The first-order valence-electron chi connectivity index (χ1n) is 4.44. The van der Waals surface area contributed by atoms with Gasteiger partial charge >= 0.3 is 0 Å². The quantitative estimate of drug-likeness (QED) is 0.699. The monoisotopic (exact) mass is 166 g/mol. The number of hydrogen-bond acceptors (Lipinski definition) is 3. The molecule has 1 heterocycles. The lowest BCUT2D eigenvalue weighted by Gasteiger charge is -2.09. The van der Waals surface area contributed by atoms with Crippen LogP contribution in [0.5, 0.6) is 0 Å². The molecule has 4 nitrogen and oxygen atoms in total. The molecule has 0 spiro atoms. The van der Waals surface area contributed by atoms with E-state index in [0.717, 1.165) is 6.54 Å². The van der Waals surface area contributed by atoms with Crippen LogP contribution in [0, 0.1) is 5.92 Å². The minimum absolute atomic E-state index is 0.543. The van der Waals surface area contributed by atoms with Gasteiger partial charge < -0.3 is 5.73 Å². The van der Waals surface area contributed by atoms with Crippen LogP contribution in [-0.4, -0.2) is 21.3 Å². The summed E-state index contributed by atoms with van der Waals surface area (Å²) in [5, 5.41) is 4.13. The van der Waals surface area contributed by atoms with Crippen LogP contribution in [0.3, 0.4) is 0 Å². The SMILES string of the molecule is NCC1CCC(n2cncn2)C1. The lowest BCUT2D eigenvalue weighted by Crippen LogP contribution is -2.12. The van der Waals surface area contributed by atoms with Crippen molar-refractivity contribution in [3.8, 4) is 0 Å². The molecule has 66 valence electrons. The van der Waals surface area contributed by atoms with Crippen molar-refractivity contribution < 1.29 is 0 Å². The zero-order chi connectivity index (χ0) is 8.39. The van der Waals surface area contributed by atoms with Crippen molar-refractivity contribution in [1.29, 1.82) is 0 Å². The fourth-order valence-electron chi connectivity index (χ4n) is 1.91. The van der Waals surface area contributed by atoms with Gasteiger partial charge in [0.1, 0.15) is 12.7 Å². The van der Waals surface area contributed by atoms with Crippen molar-refractivity contribution in [3.05, 3.63) is 12.7 Å². The van der Waals surface area contributed by atoms with Crippen LogP contribution in [0.25, 0.3) is 0 Å². The maximum atomic E-state index is 5.60. The lowest BCUT2D eigenvalue weighted by atomic mass is 10.1. The normalized spacial score (nSPS) is 29.4. The number of nitrogens with zero attached hydrogens (tertiary/aromatic N) is 3. The molecular formula is C8H14N4. The fourth-order valence-corrected chi connectivity index (χ4v) is 1.91. The Morgan fingerprint density at radius 1 is 1.50 bits per heavy atom. The largest absolute Gasteiger partial charge is 0.330 e. The third-order valence-corrected chi connectivity index (χ3v) is 2.66. The van der Waals surface area contributed by atoms with E-state index in [2.05, 4.69) is 10.1 Å². The van der Waals surface area contributed by atoms with Crippen molar-refractivity contribution in [3.63, 3.8) is 0 Å². The van der Waals surface area contributed by atoms with Crippen LogP contribution < -0.4 is 5.73 Å². The van der Waals surface area contributed by atoms with Gasteiger partial charge in [-0.15, -0.1) is 0 Å². The van der Waals surface area contributed by atoms with E-state index in [-0.39, 0.29) is 0 Å². The molecule has 12 heavy (non-hydrogen) atoms. The highest BCUT2D eigenvalue weighted by Crippen LogP contribution is 2.32. The average molecular weight is 166 g/mol. The van der Waals surface area contributed by atoms with Crippen LogP contribution in [0.4, 0.5) is 0 Å². The van der Waals surface area contributed by atoms with Crippen molar-refractivity contribution in [2.24, 2.45) is 11.7 Å². The minimum Gasteiger partial charge on any atom is -0.330 e. The van der Waals surface area contributed by atoms with Gasteiger partial charge in [-0.1, -0.05) is 0 Å². The van der Waals surface area contributed by atoms with E-state index in [9.17, 15) is 0 Å².